The number of benzene rings is 2. The Hall–Kier alpha value is -2.18. The molecule has 0 radical (unpaired) electrons. The van der Waals surface area contributed by atoms with Crippen molar-refractivity contribution in [1.82, 2.24) is 9.55 Å². The Morgan fingerprint density at radius 1 is 1.09 bits per heavy atom. The van der Waals surface area contributed by atoms with E-state index >= 15 is 0 Å². The first-order chi connectivity index (χ1) is 11.0. The summed E-state index contributed by atoms with van der Waals surface area (Å²) in [5.41, 5.74) is 2.71. The van der Waals surface area contributed by atoms with Gasteiger partial charge in [0.1, 0.15) is 5.82 Å². The Bertz CT molecular complexity index is 928. The van der Waals surface area contributed by atoms with Crippen LogP contribution >= 0.6 is 0 Å². The maximum Gasteiger partial charge on any atom is 0.175 e. The summed E-state index contributed by atoms with van der Waals surface area (Å²) in [6, 6.07) is 14.6. The van der Waals surface area contributed by atoms with Crippen molar-refractivity contribution in [3.8, 4) is 5.69 Å². The summed E-state index contributed by atoms with van der Waals surface area (Å²) in [5.74, 6) is 0.854. The molecule has 0 aliphatic carbocycles. The summed E-state index contributed by atoms with van der Waals surface area (Å²) >= 11 is 0. The minimum atomic E-state index is -3.21. The van der Waals surface area contributed by atoms with Crippen molar-refractivity contribution in [1.29, 1.82) is 0 Å². The number of aliphatic hydroxyl groups is 1. The summed E-state index contributed by atoms with van der Waals surface area (Å²) in [7, 11) is -3.21. The van der Waals surface area contributed by atoms with E-state index < -0.39 is 9.84 Å². The van der Waals surface area contributed by atoms with Gasteiger partial charge < -0.3 is 5.11 Å². The lowest BCUT2D eigenvalue weighted by atomic mass is 10.2. The van der Waals surface area contributed by atoms with Crippen molar-refractivity contribution < 1.29 is 13.5 Å². The van der Waals surface area contributed by atoms with Gasteiger partial charge in [-0.2, -0.15) is 0 Å². The van der Waals surface area contributed by atoms with Gasteiger partial charge >= 0.3 is 0 Å². The van der Waals surface area contributed by atoms with Crippen molar-refractivity contribution in [2.75, 3.05) is 12.9 Å². The molecule has 0 saturated carbocycles. The third kappa shape index (κ3) is 3.13. The molecule has 3 aromatic rings. The number of rotatable bonds is 5. The molecular weight excluding hydrogens is 312 g/mol. The normalized spacial score (nSPS) is 11.9. The Balaban J connectivity index is 2.14. The molecule has 0 unspecified atom stereocenters. The standard InChI is InChI=1S/C17H18N2O3S/c1-23(21,22)14-10-8-13(9-11-14)19-16-6-3-2-5-15(16)18-17(19)7-4-12-20/h2-3,5-6,8-11,20H,4,7,12H2,1H3. The van der Waals surface area contributed by atoms with Crippen LogP contribution in [-0.2, 0) is 16.3 Å². The van der Waals surface area contributed by atoms with Crippen LogP contribution in [0.1, 0.15) is 12.2 Å². The van der Waals surface area contributed by atoms with Gasteiger partial charge in [0.15, 0.2) is 9.84 Å². The molecule has 0 bridgehead atoms. The van der Waals surface area contributed by atoms with E-state index in [-0.39, 0.29) is 6.61 Å². The highest BCUT2D eigenvalue weighted by Crippen LogP contribution is 2.23. The van der Waals surface area contributed by atoms with Crippen LogP contribution in [-0.4, -0.2) is 35.9 Å². The molecule has 0 aliphatic rings. The number of nitrogens with zero attached hydrogens (tertiary/aromatic N) is 2. The predicted molar refractivity (Wildman–Crippen MR) is 89.6 cm³/mol. The molecule has 0 spiro atoms. The monoisotopic (exact) mass is 330 g/mol. The fraction of sp³-hybridized carbons (Fsp3) is 0.235. The zero-order chi connectivity index (χ0) is 16.4. The Morgan fingerprint density at radius 2 is 1.78 bits per heavy atom. The number of hydrogen-bond acceptors (Lipinski definition) is 4. The summed E-state index contributed by atoms with van der Waals surface area (Å²) in [4.78, 5) is 4.93. The zero-order valence-electron chi connectivity index (χ0n) is 12.8. The predicted octanol–water partition coefficient (Wildman–Crippen LogP) is 2.35. The first-order valence-corrected chi connectivity index (χ1v) is 9.27. The summed E-state index contributed by atoms with van der Waals surface area (Å²) in [6.07, 6.45) is 2.48. The molecule has 1 N–H and O–H groups in total. The molecule has 5 nitrogen and oxygen atoms in total. The van der Waals surface area contributed by atoms with Crippen molar-refractivity contribution in [3.05, 3.63) is 54.4 Å². The second-order valence-corrected chi connectivity index (χ2v) is 7.46. The van der Waals surface area contributed by atoms with Crippen LogP contribution in [0.15, 0.2) is 53.4 Å². The summed E-state index contributed by atoms with van der Waals surface area (Å²) < 4.78 is 25.2. The average molecular weight is 330 g/mol. The maximum absolute atomic E-state index is 11.6. The lowest BCUT2D eigenvalue weighted by Crippen LogP contribution is -2.03. The van der Waals surface area contributed by atoms with Crippen LogP contribution in [0, 0.1) is 0 Å². The van der Waals surface area contributed by atoms with E-state index in [2.05, 4.69) is 4.98 Å². The topological polar surface area (TPSA) is 72.2 Å². The molecular formula is C17H18N2O3S. The molecule has 1 heterocycles. The summed E-state index contributed by atoms with van der Waals surface area (Å²) in [5, 5.41) is 9.09. The third-order valence-electron chi connectivity index (χ3n) is 3.71. The minimum Gasteiger partial charge on any atom is -0.396 e. The van der Waals surface area contributed by atoms with Crippen LogP contribution in [0.4, 0.5) is 0 Å². The van der Waals surface area contributed by atoms with Gasteiger partial charge in [0.25, 0.3) is 0 Å². The fourth-order valence-corrected chi connectivity index (χ4v) is 3.24. The van der Waals surface area contributed by atoms with Crippen molar-refractivity contribution >= 4 is 20.9 Å². The van der Waals surface area contributed by atoms with Gasteiger partial charge in [-0.25, -0.2) is 13.4 Å². The first kappa shape index (κ1) is 15.7. The van der Waals surface area contributed by atoms with Crippen molar-refractivity contribution in [3.63, 3.8) is 0 Å². The highest BCUT2D eigenvalue weighted by Gasteiger charge is 2.13. The summed E-state index contributed by atoms with van der Waals surface area (Å²) in [6.45, 7) is 0.107. The number of aliphatic hydroxyl groups excluding tert-OH is 1. The van der Waals surface area contributed by atoms with Gasteiger partial charge in [-0.15, -0.1) is 0 Å². The quantitative estimate of drug-likeness (QED) is 0.779. The van der Waals surface area contributed by atoms with E-state index in [4.69, 9.17) is 5.11 Å². The molecule has 2 aromatic carbocycles. The third-order valence-corrected chi connectivity index (χ3v) is 4.84. The van der Waals surface area contributed by atoms with Crippen molar-refractivity contribution in [2.45, 2.75) is 17.7 Å². The lowest BCUT2D eigenvalue weighted by Gasteiger charge is -2.10. The van der Waals surface area contributed by atoms with Crippen LogP contribution in [0.3, 0.4) is 0 Å². The molecule has 0 aliphatic heterocycles. The molecule has 1 aromatic heterocycles. The average Bonchev–Trinajstić information content (AvgIpc) is 2.90. The van der Waals surface area contributed by atoms with Gasteiger partial charge in [0.2, 0.25) is 0 Å². The van der Waals surface area contributed by atoms with E-state index in [9.17, 15) is 8.42 Å². The Kier molecular flexibility index (Phi) is 4.19. The second-order valence-electron chi connectivity index (χ2n) is 5.45. The number of imidazole rings is 1. The molecule has 0 saturated heterocycles. The highest BCUT2D eigenvalue weighted by molar-refractivity contribution is 7.90. The zero-order valence-corrected chi connectivity index (χ0v) is 13.6. The maximum atomic E-state index is 11.6. The van der Waals surface area contributed by atoms with Crippen LogP contribution in [0.25, 0.3) is 16.7 Å². The molecule has 0 fully saturated rings. The largest absolute Gasteiger partial charge is 0.396 e. The molecule has 0 atom stereocenters. The van der Waals surface area contributed by atoms with Crippen LogP contribution in [0.2, 0.25) is 0 Å². The Morgan fingerprint density at radius 3 is 2.43 bits per heavy atom. The number of aromatic nitrogens is 2. The SMILES string of the molecule is CS(=O)(=O)c1ccc(-n2c(CCCO)nc3ccccc32)cc1. The number of para-hydroxylation sites is 2. The van der Waals surface area contributed by atoms with Gasteiger partial charge in [-0.3, -0.25) is 4.57 Å². The molecule has 0 amide bonds. The van der Waals surface area contributed by atoms with Gasteiger partial charge in [0, 0.05) is 25.0 Å². The van der Waals surface area contributed by atoms with Crippen molar-refractivity contribution in [2.24, 2.45) is 0 Å². The van der Waals surface area contributed by atoms with E-state index in [1.54, 1.807) is 24.3 Å². The fourth-order valence-electron chi connectivity index (χ4n) is 2.61. The Labute approximate surface area is 135 Å². The molecule has 3 rings (SSSR count). The lowest BCUT2D eigenvalue weighted by molar-refractivity contribution is 0.287. The van der Waals surface area contributed by atoms with Crippen LogP contribution in [0.5, 0.6) is 0 Å². The molecule has 6 heteroatoms. The van der Waals surface area contributed by atoms with Gasteiger partial charge in [-0.05, 0) is 42.8 Å². The second kappa shape index (κ2) is 6.14. The van der Waals surface area contributed by atoms with Crippen LogP contribution < -0.4 is 0 Å². The first-order valence-electron chi connectivity index (χ1n) is 7.38. The van der Waals surface area contributed by atoms with E-state index in [1.807, 2.05) is 28.8 Å². The van der Waals surface area contributed by atoms with E-state index in [1.165, 1.54) is 6.26 Å². The number of sulfone groups is 1. The van der Waals surface area contributed by atoms with E-state index in [0.717, 1.165) is 22.5 Å². The minimum absolute atomic E-state index is 0.107. The number of fused-ring (bicyclic) bond motifs is 1. The van der Waals surface area contributed by atoms with Gasteiger partial charge in [-0.1, -0.05) is 12.1 Å². The highest BCUT2D eigenvalue weighted by atomic mass is 32.2. The van der Waals surface area contributed by atoms with Gasteiger partial charge in [0.05, 0.1) is 15.9 Å². The molecule has 120 valence electrons. The number of aryl methyl sites for hydroxylation is 1. The smallest absolute Gasteiger partial charge is 0.175 e. The molecule has 23 heavy (non-hydrogen) atoms. The number of hydrogen-bond donors (Lipinski definition) is 1. The van der Waals surface area contributed by atoms with E-state index in [0.29, 0.717) is 17.7 Å².